The molecule has 0 saturated carbocycles. The molecule has 1 aromatic heterocycles. The molecular weight excluding hydrogens is 315 g/mol. The van der Waals surface area contributed by atoms with E-state index in [0.29, 0.717) is 4.47 Å². The molecule has 0 radical (unpaired) electrons. The zero-order chi connectivity index (χ0) is 13.1. The molecule has 0 aliphatic rings. The van der Waals surface area contributed by atoms with E-state index in [1.165, 1.54) is 10.9 Å². The Morgan fingerprint density at radius 2 is 2.28 bits per heavy atom. The first-order chi connectivity index (χ1) is 8.60. The van der Waals surface area contributed by atoms with Gasteiger partial charge in [0.1, 0.15) is 5.82 Å². The molecule has 0 aliphatic heterocycles. The highest BCUT2D eigenvalue weighted by Crippen LogP contribution is 2.25. The van der Waals surface area contributed by atoms with Crippen LogP contribution in [0.25, 0.3) is 0 Å². The lowest BCUT2D eigenvalue weighted by molar-refractivity contribution is 0.595. The molecule has 0 saturated heterocycles. The van der Waals surface area contributed by atoms with E-state index in [2.05, 4.69) is 26.2 Å². The first-order valence-corrected chi connectivity index (χ1v) is 7.24. The van der Waals surface area contributed by atoms with Crippen molar-refractivity contribution in [3.63, 3.8) is 0 Å². The highest BCUT2D eigenvalue weighted by atomic mass is 79.9. The monoisotopic (exact) mass is 328 g/mol. The van der Waals surface area contributed by atoms with Crippen LogP contribution in [0.4, 0.5) is 4.39 Å². The summed E-state index contributed by atoms with van der Waals surface area (Å²) in [5.74, 6) is -0.228. The molecule has 0 aliphatic carbocycles. The van der Waals surface area contributed by atoms with Gasteiger partial charge in [-0.2, -0.15) is 0 Å². The molecule has 96 valence electrons. The van der Waals surface area contributed by atoms with Gasteiger partial charge < -0.3 is 5.32 Å². The van der Waals surface area contributed by atoms with E-state index in [1.807, 2.05) is 32.3 Å². The smallest absolute Gasteiger partial charge is 0.137 e. The Kier molecular flexibility index (Phi) is 4.48. The van der Waals surface area contributed by atoms with Crippen molar-refractivity contribution in [2.45, 2.75) is 19.4 Å². The van der Waals surface area contributed by atoms with Crippen LogP contribution in [-0.2, 0) is 6.42 Å². The van der Waals surface area contributed by atoms with Gasteiger partial charge in [0.05, 0.1) is 9.48 Å². The number of aryl methyl sites for hydroxylation is 1. The Labute approximate surface area is 118 Å². The molecular formula is C13H14BrFN2S. The van der Waals surface area contributed by atoms with E-state index >= 15 is 0 Å². The standard InChI is InChI=1S/C13H14BrFN2S/c1-8-17-7-13(18-8)12(16-2)6-9-3-4-11(15)10(14)5-9/h3-5,7,12,16H,6H2,1-2H3. The summed E-state index contributed by atoms with van der Waals surface area (Å²) < 4.78 is 13.7. The fraction of sp³-hybridized carbons (Fsp3) is 0.308. The zero-order valence-corrected chi connectivity index (χ0v) is 12.6. The number of rotatable bonds is 4. The number of nitrogens with zero attached hydrogens (tertiary/aromatic N) is 1. The Balaban J connectivity index is 2.17. The molecule has 1 unspecified atom stereocenters. The summed E-state index contributed by atoms with van der Waals surface area (Å²) >= 11 is 4.90. The van der Waals surface area contributed by atoms with Crippen LogP contribution in [-0.4, -0.2) is 12.0 Å². The van der Waals surface area contributed by atoms with Gasteiger partial charge in [-0.15, -0.1) is 11.3 Å². The highest BCUT2D eigenvalue weighted by Gasteiger charge is 2.13. The summed E-state index contributed by atoms with van der Waals surface area (Å²) in [6.07, 6.45) is 2.72. The number of hydrogen-bond acceptors (Lipinski definition) is 3. The second-order valence-corrected chi connectivity index (χ2v) is 6.20. The first kappa shape index (κ1) is 13.6. The molecule has 0 spiro atoms. The van der Waals surface area contributed by atoms with Gasteiger partial charge in [-0.1, -0.05) is 6.07 Å². The topological polar surface area (TPSA) is 24.9 Å². The van der Waals surface area contributed by atoms with Crippen molar-refractivity contribution in [2.24, 2.45) is 0 Å². The third-order valence-electron chi connectivity index (χ3n) is 2.75. The van der Waals surface area contributed by atoms with Crippen LogP contribution in [0.2, 0.25) is 0 Å². The number of halogens is 2. The molecule has 1 atom stereocenters. The Morgan fingerprint density at radius 1 is 1.50 bits per heavy atom. The lowest BCUT2D eigenvalue weighted by atomic mass is 10.1. The third kappa shape index (κ3) is 3.16. The lowest BCUT2D eigenvalue weighted by Crippen LogP contribution is -2.17. The number of hydrogen-bond donors (Lipinski definition) is 1. The Bertz CT molecular complexity index is 542. The van der Waals surface area contributed by atoms with Crippen molar-refractivity contribution in [1.82, 2.24) is 10.3 Å². The van der Waals surface area contributed by atoms with Crippen LogP contribution in [0.5, 0.6) is 0 Å². The number of benzene rings is 1. The number of likely N-dealkylation sites (N-methyl/N-ethyl adjacent to an activating group) is 1. The molecule has 5 heteroatoms. The van der Waals surface area contributed by atoms with Gasteiger partial charge >= 0.3 is 0 Å². The van der Waals surface area contributed by atoms with Crippen LogP contribution in [0, 0.1) is 12.7 Å². The summed E-state index contributed by atoms with van der Waals surface area (Å²) in [4.78, 5) is 5.47. The predicted octanol–water partition coefficient (Wildman–Crippen LogP) is 3.86. The van der Waals surface area contributed by atoms with Crippen molar-refractivity contribution in [3.05, 3.63) is 50.1 Å². The second-order valence-electron chi connectivity index (χ2n) is 4.08. The average Bonchev–Trinajstić information content (AvgIpc) is 2.77. The van der Waals surface area contributed by atoms with Gasteiger partial charge in [0, 0.05) is 17.1 Å². The maximum Gasteiger partial charge on any atom is 0.137 e. The second kappa shape index (κ2) is 5.91. The molecule has 2 nitrogen and oxygen atoms in total. The van der Waals surface area contributed by atoms with Gasteiger partial charge in [-0.05, 0) is 54.0 Å². The van der Waals surface area contributed by atoms with Crippen molar-refractivity contribution in [2.75, 3.05) is 7.05 Å². The first-order valence-electron chi connectivity index (χ1n) is 5.63. The molecule has 1 heterocycles. The summed E-state index contributed by atoms with van der Waals surface area (Å²) in [5.41, 5.74) is 1.09. The quantitative estimate of drug-likeness (QED) is 0.921. The number of aromatic nitrogens is 1. The van der Waals surface area contributed by atoms with E-state index in [0.717, 1.165) is 17.0 Å². The van der Waals surface area contributed by atoms with Gasteiger partial charge in [-0.25, -0.2) is 9.37 Å². The molecule has 0 bridgehead atoms. The molecule has 1 N–H and O–H groups in total. The van der Waals surface area contributed by atoms with Crippen LogP contribution < -0.4 is 5.32 Å². The summed E-state index contributed by atoms with van der Waals surface area (Å²) in [6.45, 7) is 2.00. The van der Waals surface area contributed by atoms with Gasteiger partial charge in [0.15, 0.2) is 0 Å². The van der Waals surface area contributed by atoms with Crippen molar-refractivity contribution >= 4 is 27.3 Å². The highest BCUT2D eigenvalue weighted by molar-refractivity contribution is 9.10. The van der Waals surface area contributed by atoms with Crippen molar-refractivity contribution in [1.29, 1.82) is 0 Å². The van der Waals surface area contributed by atoms with Gasteiger partial charge in [0.2, 0.25) is 0 Å². The van der Waals surface area contributed by atoms with E-state index < -0.39 is 0 Å². The van der Waals surface area contributed by atoms with Crippen LogP contribution in [0.3, 0.4) is 0 Å². The maximum absolute atomic E-state index is 13.2. The van der Waals surface area contributed by atoms with E-state index in [4.69, 9.17) is 0 Å². The average molecular weight is 329 g/mol. The fourth-order valence-electron chi connectivity index (χ4n) is 1.79. The summed E-state index contributed by atoms with van der Waals surface area (Å²) in [6, 6.07) is 5.35. The minimum Gasteiger partial charge on any atom is -0.312 e. The van der Waals surface area contributed by atoms with E-state index in [-0.39, 0.29) is 11.9 Å². The lowest BCUT2D eigenvalue weighted by Gasteiger charge is -2.14. The third-order valence-corrected chi connectivity index (χ3v) is 4.39. The van der Waals surface area contributed by atoms with Gasteiger partial charge in [-0.3, -0.25) is 0 Å². The predicted molar refractivity (Wildman–Crippen MR) is 76.5 cm³/mol. The largest absolute Gasteiger partial charge is 0.312 e. The van der Waals surface area contributed by atoms with Crippen LogP contribution in [0.15, 0.2) is 28.9 Å². The maximum atomic E-state index is 13.2. The fourth-order valence-corrected chi connectivity index (χ4v) is 3.11. The van der Waals surface area contributed by atoms with E-state index in [9.17, 15) is 4.39 Å². The minimum absolute atomic E-state index is 0.216. The van der Waals surface area contributed by atoms with Crippen LogP contribution in [0.1, 0.15) is 21.5 Å². The SMILES string of the molecule is CNC(Cc1ccc(F)c(Br)c1)c1cnc(C)s1. The molecule has 1 aromatic carbocycles. The Morgan fingerprint density at radius 3 is 2.83 bits per heavy atom. The summed E-state index contributed by atoms with van der Waals surface area (Å²) in [7, 11) is 1.93. The van der Waals surface area contributed by atoms with Crippen molar-refractivity contribution in [3.8, 4) is 0 Å². The molecule has 0 amide bonds. The Hall–Kier alpha value is -0.780. The van der Waals surface area contributed by atoms with Crippen LogP contribution >= 0.6 is 27.3 Å². The molecule has 2 rings (SSSR count). The molecule has 2 aromatic rings. The van der Waals surface area contributed by atoms with Gasteiger partial charge in [0.25, 0.3) is 0 Å². The van der Waals surface area contributed by atoms with E-state index in [1.54, 1.807) is 11.3 Å². The molecule has 18 heavy (non-hydrogen) atoms. The zero-order valence-electron chi connectivity index (χ0n) is 10.2. The normalized spacial score (nSPS) is 12.7. The number of nitrogens with one attached hydrogen (secondary N) is 1. The number of thiazole rings is 1. The minimum atomic E-state index is -0.228. The molecule has 0 fully saturated rings. The van der Waals surface area contributed by atoms with Crippen molar-refractivity contribution < 1.29 is 4.39 Å². The summed E-state index contributed by atoms with van der Waals surface area (Å²) in [5, 5.41) is 4.34.